The van der Waals surface area contributed by atoms with Gasteiger partial charge in [0.15, 0.2) is 12.4 Å². The first-order valence-electron chi connectivity index (χ1n) is 10.4. The molecule has 0 aliphatic heterocycles. The number of ether oxygens (including phenoxy) is 1. The molecule has 0 atom stereocenters. The first kappa shape index (κ1) is 22.8. The van der Waals surface area contributed by atoms with E-state index in [0.29, 0.717) is 43.1 Å². The van der Waals surface area contributed by atoms with Crippen molar-refractivity contribution in [2.24, 2.45) is 10.8 Å². The summed E-state index contributed by atoms with van der Waals surface area (Å²) in [6.07, 6.45) is 1.40. The summed E-state index contributed by atoms with van der Waals surface area (Å²) in [6, 6.07) is 19.5. The van der Waals surface area contributed by atoms with E-state index >= 15 is 0 Å². The number of primary amides is 1. The monoisotopic (exact) mass is 550 g/mol. The molecule has 5 aromatic rings. The van der Waals surface area contributed by atoms with E-state index in [1.54, 1.807) is 42.5 Å². The van der Waals surface area contributed by atoms with Crippen LogP contribution in [0.25, 0.3) is 33.5 Å². The summed E-state index contributed by atoms with van der Waals surface area (Å²) in [5, 5.41) is 6.07. The van der Waals surface area contributed by atoms with E-state index in [1.807, 2.05) is 24.3 Å². The van der Waals surface area contributed by atoms with E-state index in [2.05, 4.69) is 26.0 Å². The van der Waals surface area contributed by atoms with Crippen molar-refractivity contribution in [3.63, 3.8) is 0 Å². The van der Waals surface area contributed by atoms with Crippen molar-refractivity contribution in [2.75, 3.05) is 6.61 Å². The van der Waals surface area contributed by atoms with Gasteiger partial charge in [0.25, 0.3) is 11.5 Å². The topological polar surface area (TPSA) is 113 Å². The fourth-order valence-corrected chi connectivity index (χ4v) is 4.52. The van der Waals surface area contributed by atoms with E-state index in [-0.39, 0.29) is 18.0 Å². The smallest absolute Gasteiger partial charge is 0.282 e. The molecule has 0 bridgehead atoms. The predicted molar refractivity (Wildman–Crippen MR) is 138 cm³/mol. The summed E-state index contributed by atoms with van der Waals surface area (Å²) in [6.45, 7) is -0.344. The molecule has 0 spiro atoms. The number of carbonyl (C=O) groups is 1. The number of hydrogen-bond donors (Lipinski definition) is 1. The summed E-state index contributed by atoms with van der Waals surface area (Å²) >= 11 is 9.59. The van der Waals surface area contributed by atoms with Crippen LogP contribution in [0.4, 0.5) is 0 Å². The maximum absolute atomic E-state index is 13.4. The molecule has 2 heterocycles. The molecule has 0 saturated carbocycles. The molecule has 0 aliphatic carbocycles. The highest BCUT2D eigenvalue weighted by Crippen LogP contribution is 2.32. The normalized spacial score (nSPS) is 11.5. The second-order valence-electron chi connectivity index (χ2n) is 7.52. The first-order chi connectivity index (χ1) is 16.9. The number of halogens is 2. The predicted octanol–water partition coefficient (Wildman–Crippen LogP) is 4.97. The highest BCUT2D eigenvalue weighted by Gasteiger charge is 2.17. The van der Waals surface area contributed by atoms with E-state index in [0.717, 1.165) is 10.1 Å². The van der Waals surface area contributed by atoms with Crippen LogP contribution in [0.3, 0.4) is 0 Å². The standard InChI is InChI=1S/C25H16BrClN4O4/c26-18-11-16(27)9-15(23(18)34-13-22(28)32)12-29-31-24(21-10-14-5-1-4-8-20(14)35-21)30-19-7-3-2-6-17(19)25(31)33/h1-12H,13H2,(H2,28,32). The van der Waals surface area contributed by atoms with Gasteiger partial charge in [-0.25, -0.2) is 4.98 Å². The summed E-state index contributed by atoms with van der Waals surface area (Å²) in [5.74, 6) is 0.256. The molecule has 2 N–H and O–H groups in total. The second kappa shape index (κ2) is 9.36. The van der Waals surface area contributed by atoms with Gasteiger partial charge in [-0.05, 0) is 52.3 Å². The van der Waals surface area contributed by atoms with Gasteiger partial charge in [0.2, 0.25) is 5.82 Å². The second-order valence-corrected chi connectivity index (χ2v) is 8.81. The van der Waals surface area contributed by atoms with Gasteiger partial charge in [0.1, 0.15) is 11.3 Å². The van der Waals surface area contributed by atoms with Crippen LogP contribution in [0.15, 0.2) is 85.5 Å². The van der Waals surface area contributed by atoms with Crippen LogP contribution in [-0.2, 0) is 4.79 Å². The minimum Gasteiger partial charge on any atom is -0.482 e. The number of para-hydroxylation sites is 2. The molecule has 0 saturated heterocycles. The Morgan fingerprint density at radius 2 is 1.94 bits per heavy atom. The molecule has 174 valence electrons. The third kappa shape index (κ3) is 4.55. The molecular formula is C25H16BrClN4O4. The molecule has 0 aliphatic rings. The van der Waals surface area contributed by atoms with Crippen molar-refractivity contribution in [1.29, 1.82) is 0 Å². The Morgan fingerprint density at radius 3 is 2.74 bits per heavy atom. The Kier molecular flexibility index (Phi) is 6.10. The van der Waals surface area contributed by atoms with Gasteiger partial charge in [-0.3, -0.25) is 9.59 Å². The Labute approximate surface area is 211 Å². The van der Waals surface area contributed by atoms with Crippen molar-refractivity contribution in [3.05, 3.63) is 92.1 Å². The van der Waals surface area contributed by atoms with Gasteiger partial charge in [-0.1, -0.05) is 41.9 Å². The number of rotatable bonds is 6. The fourth-order valence-electron chi connectivity index (χ4n) is 3.57. The molecule has 8 nitrogen and oxygen atoms in total. The largest absolute Gasteiger partial charge is 0.482 e. The average molecular weight is 552 g/mol. The number of nitrogens with zero attached hydrogens (tertiary/aromatic N) is 3. The molecular weight excluding hydrogens is 536 g/mol. The SMILES string of the molecule is NC(=O)COc1c(Br)cc(Cl)cc1C=Nn1c(-c2cc3ccccc3o2)nc2ccccc2c1=O. The average Bonchev–Trinajstić information content (AvgIpc) is 3.26. The van der Waals surface area contributed by atoms with E-state index in [1.165, 1.54) is 6.21 Å². The van der Waals surface area contributed by atoms with Crippen molar-refractivity contribution in [3.8, 4) is 17.3 Å². The number of nitrogens with two attached hydrogens (primary N) is 1. The zero-order valence-corrected chi connectivity index (χ0v) is 20.3. The fraction of sp³-hybridized carbons (Fsp3) is 0.0400. The number of carbonyl (C=O) groups excluding carboxylic acids is 1. The summed E-state index contributed by atoms with van der Waals surface area (Å²) in [4.78, 5) is 29.3. The Bertz CT molecular complexity index is 1660. The molecule has 1 amide bonds. The number of aromatic nitrogens is 2. The van der Waals surface area contributed by atoms with Crippen molar-refractivity contribution in [2.45, 2.75) is 0 Å². The third-order valence-corrected chi connectivity index (χ3v) is 5.92. The number of fused-ring (bicyclic) bond motifs is 2. The lowest BCUT2D eigenvalue weighted by atomic mass is 10.2. The highest BCUT2D eigenvalue weighted by molar-refractivity contribution is 9.10. The maximum atomic E-state index is 13.4. The molecule has 2 aromatic heterocycles. The third-order valence-electron chi connectivity index (χ3n) is 5.11. The van der Waals surface area contributed by atoms with Crippen LogP contribution in [0.2, 0.25) is 5.02 Å². The number of benzene rings is 3. The van der Waals surface area contributed by atoms with Crippen LogP contribution < -0.4 is 16.0 Å². The Hall–Kier alpha value is -3.95. The molecule has 5 rings (SSSR count). The zero-order chi connectivity index (χ0) is 24.5. The van der Waals surface area contributed by atoms with Gasteiger partial charge < -0.3 is 14.9 Å². The number of amides is 1. The summed E-state index contributed by atoms with van der Waals surface area (Å²) < 4.78 is 13.2. The van der Waals surface area contributed by atoms with E-state index < -0.39 is 5.91 Å². The number of furan rings is 1. The Balaban J connectivity index is 1.70. The zero-order valence-electron chi connectivity index (χ0n) is 17.9. The number of hydrogen-bond acceptors (Lipinski definition) is 6. The van der Waals surface area contributed by atoms with E-state index in [9.17, 15) is 9.59 Å². The van der Waals surface area contributed by atoms with E-state index in [4.69, 9.17) is 26.5 Å². The van der Waals surface area contributed by atoms with Crippen LogP contribution in [-0.4, -0.2) is 28.4 Å². The quantitative estimate of drug-likeness (QED) is 0.299. The van der Waals surface area contributed by atoms with Crippen molar-refractivity contribution < 1.29 is 13.9 Å². The lowest BCUT2D eigenvalue weighted by Gasteiger charge is -2.11. The van der Waals surface area contributed by atoms with Gasteiger partial charge in [0.05, 0.1) is 21.6 Å². The minimum absolute atomic E-state index is 0.224. The molecule has 0 unspecified atom stereocenters. The molecule has 10 heteroatoms. The first-order valence-corrected chi connectivity index (χ1v) is 11.5. The van der Waals surface area contributed by atoms with Gasteiger partial charge >= 0.3 is 0 Å². The lowest BCUT2D eigenvalue weighted by molar-refractivity contribution is -0.119. The molecule has 0 fully saturated rings. The van der Waals surface area contributed by atoms with Crippen LogP contribution in [0.1, 0.15) is 5.56 Å². The van der Waals surface area contributed by atoms with Crippen LogP contribution >= 0.6 is 27.5 Å². The molecule has 0 radical (unpaired) electrons. The maximum Gasteiger partial charge on any atom is 0.282 e. The van der Waals surface area contributed by atoms with Crippen molar-refractivity contribution >= 4 is 61.5 Å². The van der Waals surface area contributed by atoms with Gasteiger partial charge in [-0.2, -0.15) is 9.78 Å². The summed E-state index contributed by atoms with van der Waals surface area (Å²) in [5.41, 5.74) is 6.42. The van der Waals surface area contributed by atoms with Crippen molar-refractivity contribution in [1.82, 2.24) is 9.66 Å². The highest BCUT2D eigenvalue weighted by atomic mass is 79.9. The molecule has 3 aromatic carbocycles. The minimum atomic E-state index is -0.642. The van der Waals surface area contributed by atoms with Gasteiger partial charge in [-0.15, -0.1) is 0 Å². The lowest BCUT2D eigenvalue weighted by Crippen LogP contribution is -2.21. The van der Waals surface area contributed by atoms with Crippen LogP contribution in [0.5, 0.6) is 5.75 Å². The molecule has 35 heavy (non-hydrogen) atoms. The van der Waals surface area contributed by atoms with Crippen LogP contribution in [0, 0.1) is 0 Å². The summed E-state index contributed by atoms with van der Waals surface area (Å²) in [7, 11) is 0. The van der Waals surface area contributed by atoms with Gasteiger partial charge in [0, 0.05) is 16.0 Å². The Morgan fingerprint density at radius 1 is 1.17 bits per heavy atom.